The van der Waals surface area contributed by atoms with Crippen LogP contribution in [0.4, 0.5) is 0 Å². The van der Waals surface area contributed by atoms with Gasteiger partial charge in [0.05, 0.1) is 13.2 Å². The van der Waals surface area contributed by atoms with Gasteiger partial charge in [-0.05, 0) is 44.1 Å². The van der Waals surface area contributed by atoms with Crippen LogP contribution in [0.15, 0.2) is 18.2 Å². The van der Waals surface area contributed by atoms with E-state index in [2.05, 4.69) is 55.7 Å². The van der Waals surface area contributed by atoms with Gasteiger partial charge in [-0.15, -0.1) is 0 Å². The molecule has 0 N–H and O–H groups in total. The van der Waals surface area contributed by atoms with Crippen LogP contribution in [-0.2, 0) is 11.0 Å². The predicted octanol–water partition coefficient (Wildman–Crippen LogP) is 4.52. The maximum absolute atomic E-state index is 12.0. The van der Waals surface area contributed by atoms with Crippen molar-refractivity contribution in [1.82, 2.24) is 14.3 Å². The second-order valence-corrected chi connectivity index (χ2v) is 13.0. The van der Waals surface area contributed by atoms with Crippen molar-refractivity contribution < 1.29 is 9.22 Å². The van der Waals surface area contributed by atoms with Gasteiger partial charge in [0, 0.05) is 24.4 Å². The van der Waals surface area contributed by atoms with Gasteiger partial charge in [-0.3, -0.25) is 9.48 Å². The molecule has 0 radical (unpaired) electrons. The van der Waals surface area contributed by atoms with Crippen LogP contribution >= 0.6 is 0 Å². The van der Waals surface area contributed by atoms with Gasteiger partial charge >= 0.3 is 0 Å². The molecule has 25 heavy (non-hydrogen) atoms. The standard InChI is InChI=1S/C19H31N3O2Si/c1-14-9-10-15(2)22(14)18-13-17(16(3)23)21(20-18)11-12-24-25(7,8)19(4,5)6/h9-10,13H,11-12H2,1-8H3. The number of nitrogens with zero attached hydrogens (tertiary/aromatic N) is 3. The summed E-state index contributed by atoms with van der Waals surface area (Å²) in [6.07, 6.45) is 0. The maximum atomic E-state index is 12.0. The van der Waals surface area contributed by atoms with E-state index in [0.29, 0.717) is 18.8 Å². The molecule has 6 heteroatoms. The Labute approximate surface area is 152 Å². The van der Waals surface area contributed by atoms with Gasteiger partial charge < -0.3 is 8.99 Å². The first-order valence-electron chi connectivity index (χ1n) is 8.82. The van der Waals surface area contributed by atoms with E-state index in [9.17, 15) is 4.79 Å². The van der Waals surface area contributed by atoms with E-state index in [1.54, 1.807) is 11.6 Å². The highest BCUT2D eigenvalue weighted by atomic mass is 28.4. The number of hydrogen-bond donors (Lipinski definition) is 0. The molecule has 0 spiro atoms. The monoisotopic (exact) mass is 361 g/mol. The van der Waals surface area contributed by atoms with Crippen LogP contribution in [0.1, 0.15) is 49.6 Å². The van der Waals surface area contributed by atoms with Gasteiger partial charge in [0.2, 0.25) is 0 Å². The number of hydrogen-bond acceptors (Lipinski definition) is 3. The van der Waals surface area contributed by atoms with E-state index in [1.165, 1.54) is 0 Å². The molecule has 0 saturated heterocycles. The number of ketones is 1. The van der Waals surface area contributed by atoms with E-state index < -0.39 is 8.32 Å². The fraction of sp³-hybridized carbons (Fsp3) is 0.579. The molecule has 0 bridgehead atoms. The Morgan fingerprint density at radius 2 is 1.76 bits per heavy atom. The van der Waals surface area contributed by atoms with Crippen LogP contribution in [0.2, 0.25) is 18.1 Å². The zero-order valence-corrected chi connectivity index (χ0v) is 17.8. The van der Waals surface area contributed by atoms with Gasteiger partial charge in [0.25, 0.3) is 0 Å². The minimum Gasteiger partial charge on any atom is -0.415 e. The Kier molecular flexibility index (Phi) is 5.44. The first-order chi connectivity index (χ1) is 11.4. The minimum absolute atomic E-state index is 0.0218. The largest absolute Gasteiger partial charge is 0.415 e. The van der Waals surface area contributed by atoms with Crippen molar-refractivity contribution in [2.45, 2.75) is 66.2 Å². The van der Waals surface area contributed by atoms with E-state index in [0.717, 1.165) is 17.2 Å². The van der Waals surface area contributed by atoms with Crippen molar-refractivity contribution >= 4 is 14.1 Å². The summed E-state index contributed by atoms with van der Waals surface area (Å²) >= 11 is 0. The predicted molar refractivity (Wildman–Crippen MR) is 104 cm³/mol. The molecule has 0 saturated carbocycles. The summed E-state index contributed by atoms with van der Waals surface area (Å²) in [5.74, 6) is 0.811. The quantitative estimate of drug-likeness (QED) is 0.561. The van der Waals surface area contributed by atoms with E-state index >= 15 is 0 Å². The Morgan fingerprint density at radius 3 is 2.24 bits per heavy atom. The topological polar surface area (TPSA) is 49.0 Å². The highest BCUT2D eigenvalue weighted by Gasteiger charge is 2.37. The SMILES string of the molecule is CC(=O)c1cc(-n2c(C)ccc2C)nn1CCO[Si](C)(C)C(C)(C)C. The van der Waals surface area contributed by atoms with Gasteiger partial charge in [0.15, 0.2) is 19.9 Å². The molecule has 0 aromatic carbocycles. The Morgan fingerprint density at radius 1 is 1.20 bits per heavy atom. The molecule has 0 aliphatic rings. The smallest absolute Gasteiger partial charge is 0.192 e. The summed E-state index contributed by atoms with van der Waals surface area (Å²) in [6, 6.07) is 5.99. The molecule has 5 nitrogen and oxygen atoms in total. The second-order valence-electron chi connectivity index (χ2n) is 8.23. The molecule has 2 rings (SSSR count). The lowest BCUT2D eigenvalue weighted by atomic mass is 10.2. The first-order valence-corrected chi connectivity index (χ1v) is 11.7. The molecule has 0 amide bonds. The summed E-state index contributed by atoms with van der Waals surface area (Å²) in [4.78, 5) is 12.0. The van der Waals surface area contributed by atoms with Gasteiger partial charge in [-0.1, -0.05) is 20.8 Å². The molecule has 0 atom stereocenters. The summed E-state index contributed by atoms with van der Waals surface area (Å²) in [5, 5.41) is 4.84. The normalized spacial score (nSPS) is 12.6. The fourth-order valence-electron chi connectivity index (χ4n) is 2.60. The van der Waals surface area contributed by atoms with Crippen LogP contribution in [0, 0.1) is 13.8 Å². The van der Waals surface area contributed by atoms with Crippen LogP contribution in [0.25, 0.3) is 5.82 Å². The van der Waals surface area contributed by atoms with E-state index in [-0.39, 0.29) is 10.8 Å². The molecule has 0 fully saturated rings. The molecule has 2 aromatic heterocycles. The van der Waals surface area contributed by atoms with Gasteiger partial charge in [-0.2, -0.15) is 5.10 Å². The molecule has 0 unspecified atom stereocenters. The minimum atomic E-state index is -1.80. The van der Waals surface area contributed by atoms with Crippen molar-refractivity contribution in [2.75, 3.05) is 6.61 Å². The fourth-order valence-corrected chi connectivity index (χ4v) is 3.63. The third-order valence-corrected chi connectivity index (χ3v) is 9.74. The van der Waals surface area contributed by atoms with Crippen molar-refractivity contribution in [3.8, 4) is 5.82 Å². The third-order valence-electron chi connectivity index (χ3n) is 5.20. The average molecular weight is 362 g/mol. The number of carbonyl (C=O) groups is 1. The van der Waals surface area contributed by atoms with E-state index in [1.807, 2.05) is 19.9 Å². The Bertz CT molecular complexity index is 747. The molecule has 0 aliphatic carbocycles. The summed E-state index contributed by atoms with van der Waals surface area (Å²) in [6.45, 7) is 18.0. The maximum Gasteiger partial charge on any atom is 0.192 e. The molecule has 2 heterocycles. The van der Waals surface area contributed by atoms with Gasteiger partial charge in [0.1, 0.15) is 5.69 Å². The number of carbonyl (C=O) groups excluding carboxylic acids is 1. The zero-order chi connectivity index (χ0) is 19.0. The van der Waals surface area contributed by atoms with Gasteiger partial charge in [-0.25, -0.2) is 0 Å². The van der Waals surface area contributed by atoms with Crippen LogP contribution < -0.4 is 0 Å². The van der Waals surface area contributed by atoms with Crippen LogP contribution in [-0.4, -0.2) is 35.1 Å². The van der Waals surface area contributed by atoms with Crippen LogP contribution in [0.5, 0.6) is 0 Å². The number of aromatic nitrogens is 3. The highest BCUT2D eigenvalue weighted by molar-refractivity contribution is 6.74. The average Bonchev–Trinajstić information content (AvgIpc) is 3.01. The lowest BCUT2D eigenvalue weighted by molar-refractivity contribution is 0.100. The number of Topliss-reactive ketones (excluding diaryl/α,β-unsaturated/α-hetero) is 1. The third kappa shape index (κ3) is 4.12. The summed E-state index contributed by atoms with van der Waals surface area (Å²) in [5.41, 5.74) is 2.84. The molecule has 2 aromatic rings. The Hall–Kier alpha value is -1.66. The lowest BCUT2D eigenvalue weighted by Crippen LogP contribution is -2.41. The van der Waals surface area contributed by atoms with Crippen molar-refractivity contribution in [3.63, 3.8) is 0 Å². The molecular formula is C19H31N3O2Si. The molecule has 0 aliphatic heterocycles. The second kappa shape index (κ2) is 6.92. The number of rotatable bonds is 6. The highest BCUT2D eigenvalue weighted by Crippen LogP contribution is 2.36. The van der Waals surface area contributed by atoms with Crippen molar-refractivity contribution in [2.24, 2.45) is 0 Å². The van der Waals surface area contributed by atoms with Crippen LogP contribution in [0.3, 0.4) is 0 Å². The van der Waals surface area contributed by atoms with Crippen molar-refractivity contribution in [3.05, 3.63) is 35.3 Å². The van der Waals surface area contributed by atoms with Crippen molar-refractivity contribution in [1.29, 1.82) is 0 Å². The lowest BCUT2D eigenvalue weighted by Gasteiger charge is -2.36. The van der Waals surface area contributed by atoms with E-state index in [4.69, 9.17) is 4.43 Å². The zero-order valence-electron chi connectivity index (χ0n) is 16.8. The Balaban J connectivity index is 2.23. The summed E-state index contributed by atoms with van der Waals surface area (Å²) in [7, 11) is -1.80. The first kappa shape index (κ1) is 19.7. The summed E-state index contributed by atoms with van der Waals surface area (Å²) < 4.78 is 10.1. The molecular weight excluding hydrogens is 330 g/mol. The number of aryl methyl sites for hydroxylation is 2. The molecule has 138 valence electrons.